The molecule has 1 atom stereocenters. The lowest BCUT2D eigenvalue weighted by Crippen LogP contribution is -2.38. The van der Waals surface area contributed by atoms with Crippen molar-refractivity contribution in [3.63, 3.8) is 0 Å². The van der Waals surface area contributed by atoms with Crippen LogP contribution in [0.4, 0.5) is 0 Å². The minimum Gasteiger partial charge on any atom is -0.325 e. The Bertz CT molecular complexity index is 423. The minimum absolute atomic E-state index is 0.411. The first kappa shape index (κ1) is 14.7. The van der Waals surface area contributed by atoms with Crippen LogP contribution in [0.2, 0.25) is 5.02 Å². The predicted molar refractivity (Wildman–Crippen MR) is 72.6 cm³/mol. The number of aryl methyl sites for hydroxylation is 2. The smallest absolute Gasteiger partial charge is 0.0856 e. The summed E-state index contributed by atoms with van der Waals surface area (Å²) in [6, 6.07) is 0. The molecule has 1 rings (SSSR count). The van der Waals surface area contributed by atoms with Crippen LogP contribution >= 0.6 is 11.6 Å². The van der Waals surface area contributed by atoms with Gasteiger partial charge in [-0.25, -0.2) is 0 Å². The van der Waals surface area contributed by atoms with E-state index in [1.54, 1.807) is 4.68 Å². The molecule has 17 heavy (non-hydrogen) atoms. The zero-order valence-electron chi connectivity index (χ0n) is 10.8. The van der Waals surface area contributed by atoms with Crippen molar-refractivity contribution in [2.45, 2.75) is 45.5 Å². The van der Waals surface area contributed by atoms with Crippen molar-refractivity contribution in [1.29, 1.82) is 0 Å². The van der Waals surface area contributed by atoms with Crippen LogP contribution in [0, 0.1) is 6.92 Å². The van der Waals surface area contributed by atoms with Gasteiger partial charge in [-0.3, -0.25) is 8.89 Å². The summed E-state index contributed by atoms with van der Waals surface area (Å²) >= 11 is 6.16. The van der Waals surface area contributed by atoms with Gasteiger partial charge in [0.1, 0.15) is 0 Å². The molecule has 0 aliphatic carbocycles. The Hall–Kier alpha value is -0.390. The summed E-state index contributed by atoms with van der Waals surface area (Å²) in [6.45, 7) is 8.31. The second-order valence-electron chi connectivity index (χ2n) is 4.88. The maximum atomic E-state index is 12.0. The van der Waals surface area contributed by atoms with E-state index in [1.807, 2.05) is 27.7 Å². The molecule has 4 nitrogen and oxygen atoms in total. The first-order chi connectivity index (χ1) is 7.74. The number of nitrogens with two attached hydrogens (primary N) is 1. The molecule has 0 aliphatic rings. The highest BCUT2D eigenvalue weighted by Crippen LogP contribution is 2.22. The number of hydrogen-bond acceptors (Lipinski definition) is 3. The zero-order chi connectivity index (χ0) is 13.2. The highest BCUT2D eigenvalue weighted by molar-refractivity contribution is 7.84. The summed E-state index contributed by atoms with van der Waals surface area (Å²) in [6.07, 6.45) is 0. The van der Waals surface area contributed by atoms with Crippen molar-refractivity contribution in [2.75, 3.05) is 5.75 Å². The van der Waals surface area contributed by atoms with Crippen LogP contribution in [0.15, 0.2) is 0 Å². The van der Waals surface area contributed by atoms with Gasteiger partial charge in [-0.2, -0.15) is 5.10 Å². The lowest BCUT2D eigenvalue weighted by Gasteiger charge is -2.17. The summed E-state index contributed by atoms with van der Waals surface area (Å²) in [4.78, 5) is 0. The first-order valence-corrected chi connectivity index (χ1v) is 7.47. The van der Waals surface area contributed by atoms with Crippen LogP contribution in [0.25, 0.3) is 0 Å². The van der Waals surface area contributed by atoms with Gasteiger partial charge in [0, 0.05) is 28.6 Å². The quantitative estimate of drug-likeness (QED) is 0.893. The number of hydrogen-bond donors (Lipinski definition) is 1. The van der Waals surface area contributed by atoms with E-state index in [2.05, 4.69) is 5.10 Å². The van der Waals surface area contributed by atoms with Crippen molar-refractivity contribution in [2.24, 2.45) is 5.73 Å². The molecule has 0 bridgehead atoms. The topological polar surface area (TPSA) is 60.9 Å². The van der Waals surface area contributed by atoms with E-state index in [4.69, 9.17) is 17.3 Å². The molecule has 1 unspecified atom stereocenters. The number of nitrogens with zero attached hydrogens (tertiary/aromatic N) is 2. The third-order valence-corrected chi connectivity index (χ3v) is 4.44. The Balaban J connectivity index is 2.84. The zero-order valence-corrected chi connectivity index (χ0v) is 12.4. The molecule has 1 aromatic rings. The standard InChI is InChI=1S/C11H20ClN3OS/c1-5-15-9(10(12)8(2)14-15)6-17(16)7-11(3,4)13/h5-7,13H2,1-4H3. The molecular formula is C11H20ClN3OS. The van der Waals surface area contributed by atoms with Gasteiger partial charge < -0.3 is 5.73 Å². The van der Waals surface area contributed by atoms with Crippen molar-refractivity contribution < 1.29 is 4.21 Å². The molecule has 0 spiro atoms. The molecule has 0 saturated heterocycles. The van der Waals surface area contributed by atoms with E-state index >= 15 is 0 Å². The predicted octanol–water partition coefficient (Wildman–Crippen LogP) is 1.85. The molecule has 2 N–H and O–H groups in total. The molecule has 0 aliphatic heterocycles. The van der Waals surface area contributed by atoms with Crippen LogP contribution in [0.1, 0.15) is 32.2 Å². The second kappa shape index (κ2) is 5.50. The van der Waals surface area contributed by atoms with E-state index in [9.17, 15) is 4.21 Å². The van der Waals surface area contributed by atoms with Crippen LogP contribution in [0.3, 0.4) is 0 Å². The molecule has 98 valence electrons. The minimum atomic E-state index is -1.02. The third kappa shape index (κ3) is 4.08. The third-order valence-electron chi connectivity index (χ3n) is 2.28. The van der Waals surface area contributed by atoms with Crippen molar-refractivity contribution in [3.8, 4) is 0 Å². The first-order valence-electron chi connectivity index (χ1n) is 5.60. The Morgan fingerprint density at radius 2 is 2.12 bits per heavy atom. The SMILES string of the molecule is CCn1nc(C)c(Cl)c1CS(=O)CC(C)(C)N. The summed E-state index contributed by atoms with van der Waals surface area (Å²) in [5.74, 6) is 0.866. The van der Waals surface area contributed by atoms with Gasteiger partial charge in [0.25, 0.3) is 0 Å². The molecule has 1 aromatic heterocycles. The number of rotatable bonds is 5. The van der Waals surface area contributed by atoms with Crippen molar-refractivity contribution >= 4 is 22.4 Å². The van der Waals surface area contributed by atoms with Crippen molar-refractivity contribution in [1.82, 2.24) is 9.78 Å². The fourth-order valence-corrected chi connectivity index (χ4v) is 3.44. The van der Waals surface area contributed by atoms with Crippen LogP contribution in [0.5, 0.6) is 0 Å². The average Bonchev–Trinajstić information content (AvgIpc) is 2.42. The average molecular weight is 278 g/mol. The molecule has 0 fully saturated rings. The molecule has 1 heterocycles. The van der Waals surface area contributed by atoms with Gasteiger partial charge in [0.05, 0.1) is 22.2 Å². The summed E-state index contributed by atoms with van der Waals surface area (Å²) in [5, 5.41) is 4.92. The molecule has 0 amide bonds. The van der Waals surface area contributed by atoms with Gasteiger partial charge in [-0.15, -0.1) is 0 Å². The van der Waals surface area contributed by atoms with E-state index in [0.29, 0.717) is 16.5 Å². The van der Waals surface area contributed by atoms with Gasteiger partial charge in [-0.05, 0) is 27.7 Å². The lowest BCUT2D eigenvalue weighted by atomic mass is 10.1. The monoisotopic (exact) mass is 277 g/mol. The highest BCUT2D eigenvalue weighted by Gasteiger charge is 2.19. The number of aromatic nitrogens is 2. The van der Waals surface area contributed by atoms with Gasteiger partial charge in [-0.1, -0.05) is 11.6 Å². The van der Waals surface area contributed by atoms with Gasteiger partial charge >= 0.3 is 0 Å². The second-order valence-corrected chi connectivity index (χ2v) is 6.71. The summed E-state index contributed by atoms with van der Waals surface area (Å²) in [7, 11) is -1.02. The molecule has 0 saturated carbocycles. The molecule has 0 aromatic carbocycles. The molecule has 6 heteroatoms. The van der Waals surface area contributed by atoms with E-state index in [-0.39, 0.29) is 0 Å². The van der Waals surface area contributed by atoms with E-state index < -0.39 is 16.3 Å². The Morgan fingerprint density at radius 1 is 1.53 bits per heavy atom. The molecular weight excluding hydrogens is 258 g/mol. The fourth-order valence-electron chi connectivity index (χ4n) is 1.63. The van der Waals surface area contributed by atoms with Crippen LogP contribution in [-0.2, 0) is 23.1 Å². The Morgan fingerprint density at radius 3 is 2.59 bits per heavy atom. The normalized spacial score (nSPS) is 14.0. The summed E-state index contributed by atoms with van der Waals surface area (Å²) in [5.41, 5.74) is 7.05. The Kier molecular flexibility index (Phi) is 4.75. The van der Waals surface area contributed by atoms with Gasteiger partial charge in [0.15, 0.2) is 0 Å². The fraction of sp³-hybridized carbons (Fsp3) is 0.727. The largest absolute Gasteiger partial charge is 0.325 e. The van der Waals surface area contributed by atoms with E-state index in [0.717, 1.165) is 17.9 Å². The highest BCUT2D eigenvalue weighted by atomic mass is 35.5. The maximum absolute atomic E-state index is 12.0. The summed E-state index contributed by atoms with van der Waals surface area (Å²) < 4.78 is 13.8. The number of halogens is 1. The molecule has 0 radical (unpaired) electrons. The Labute approximate surface area is 110 Å². The van der Waals surface area contributed by atoms with Crippen molar-refractivity contribution in [3.05, 3.63) is 16.4 Å². The van der Waals surface area contributed by atoms with Gasteiger partial charge in [0.2, 0.25) is 0 Å². The van der Waals surface area contributed by atoms with Crippen LogP contribution < -0.4 is 5.73 Å². The van der Waals surface area contributed by atoms with Crippen LogP contribution in [-0.4, -0.2) is 25.3 Å². The van der Waals surface area contributed by atoms with E-state index in [1.165, 1.54) is 0 Å². The lowest BCUT2D eigenvalue weighted by molar-refractivity contribution is 0.575. The maximum Gasteiger partial charge on any atom is 0.0856 e.